The Morgan fingerprint density at radius 1 is 0.254 bits per heavy atom. The maximum Gasteiger partial charge on any atom is 2.00 e. The molecule has 0 saturated carbocycles. The van der Waals surface area contributed by atoms with Gasteiger partial charge in [0.05, 0.1) is 0 Å². The Hall–Kier alpha value is -3.09. The molecular weight excluding hydrogens is 1050 g/mol. The van der Waals surface area contributed by atoms with E-state index in [1.54, 1.807) is 0 Å². The van der Waals surface area contributed by atoms with Crippen LogP contribution in [0.1, 0.15) is 0 Å². The van der Waals surface area contributed by atoms with Crippen molar-refractivity contribution < 1.29 is 21.1 Å². The summed E-state index contributed by atoms with van der Waals surface area (Å²) in [5, 5.41) is 8.57. The standard InChI is InChI=1S/2C24H20NP2S2.Pt/c2*28-26(21-13-5-1-6-14-21,22-15-7-2-8-16-22)25-27(29,23-17-9-3-10-18-23)24-19-11-4-12-20-24;/h2*1-20H;/q2*-1;+2. The fourth-order valence-corrected chi connectivity index (χ4v) is 26.0. The molecular formula is C48H40N2P4PtS4. The van der Waals surface area contributed by atoms with Gasteiger partial charge in [-0.25, -0.2) is 0 Å². The monoisotopic (exact) mass is 1090 g/mol. The SMILES string of the molecule is S=P(N=P([S-])(c1ccccc1)c1ccccc1)(c1ccccc1)c1ccccc1.S=P(N=P([S-])(c1ccccc1)c1ccccc1)(c1ccccc1)c1ccccc1.[Pt+2]. The third-order valence-corrected chi connectivity index (χ3v) is 29.1. The molecule has 0 aliphatic carbocycles. The fraction of sp³-hybridized carbons (Fsp3) is 0. The maximum absolute atomic E-state index is 6.39. The summed E-state index contributed by atoms with van der Waals surface area (Å²) in [6.07, 6.45) is -9.89. The summed E-state index contributed by atoms with van der Waals surface area (Å²) in [4.78, 5) is 0. The molecule has 0 amide bonds. The molecule has 0 fully saturated rings. The molecule has 8 aromatic carbocycles. The van der Waals surface area contributed by atoms with E-state index in [4.69, 9.17) is 57.1 Å². The molecule has 2 nitrogen and oxygen atoms in total. The first-order valence-electron chi connectivity index (χ1n) is 18.6. The van der Waals surface area contributed by atoms with Gasteiger partial charge in [0.15, 0.2) is 0 Å². The first-order chi connectivity index (χ1) is 28.3. The topological polar surface area (TPSA) is 24.7 Å². The van der Waals surface area contributed by atoms with Crippen LogP contribution < -0.4 is 42.4 Å². The van der Waals surface area contributed by atoms with Crippen LogP contribution >= 0.6 is 24.9 Å². The summed E-state index contributed by atoms with van der Waals surface area (Å²) >= 11 is 25.6. The van der Waals surface area contributed by atoms with E-state index in [0.29, 0.717) is 0 Å². The van der Waals surface area contributed by atoms with Crippen molar-refractivity contribution >= 4 is 115 Å². The van der Waals surface area contributed by atoms with Gasteiger partial charge in [-0.2, -0.15) is 0 Å². The van der Waals surface area contributed by atoms with Crippen molar-refractivity contribution in [2.75, 3.05) is 0 Å². The van der Waals surface area contributed by atoms with Gasteiger partial charge in [0.25, 0.3) is 0 Å². The van der Waals surface area contributed by atoms with E-state index in [1.807, 2.05) is 146 Å². The predicted molar refractivity (Wildman–Crippen MR) is 271 cm³/mol. The van der Waals surface area contributed by atoms with Crippen molar-refractivity contribution in [3.8, 4) is 0 Å². The first-order valence-corrected chi connectivity index (χ1v) is 29.6. The molecule has 0 atom stereocenters. The normalized spacial score (nSPS) is 11.6. The minimum atomic E-state index is -2.47. The molecule has 0 heterocycles. The molecule has 0 N–H and O–H groups in total. The van der Waals surface area contributed by atoms with Crippen molar-refractivity contribution in [3.63, 3.8) is 0 Å². The molecule has 11 heteroatoms. The molecule has 0 saturated heterocycles. The van der Waals surface area contributed by atoms with Gasteiger partial charge in [-0.1, -0.05) is 279 Å². The van der Waals surface area contributed by atoms with Gasteiger partial charge >= 0.3 is 21.1 Å². The molecule has 0 aliphatic heterocycles. The smallest absolute Gasteiger partial charge is 0.730 e. The van der Waals surface area contributed by atoms with Crippen molar-refractivity contribution in [2.24, 2.45) is 9.03 Å². The van der Waals surface area contributed by atoms with Crippen LogP contribution in [0.2, 0.25) is 0 Å². The van der Waals surface area contributed by atoms with Crippen LogP contribution in [0.5, 0.6) is 0 Å². The molecule has 0 bridgehead atoms. The van der Waals surface area contributed by atoms with Gasteiger partial charge < -0.3 is 24.5 Å². The Kier molecular flexibility index (Phi) is 16.3. The van der Waals surface area contributed by atoms with Gasteiger partial charge in [0.2, 0.25) is 0 Å². The van der Waals surface area contributed by atoms with E-state index in [2.05, 4.69) is 97.1 Å². The van der Waals surface area contributed by atoms with Crippen LogP contribution in [0.25, 0.3) is 0 Å². The average Bonchev–Trinajstić information content (AvgIpc) is 3.31. The Morgan fingerprint density at radius 3 is 0.542 bits per heavy atom. The van der Waals surface area contributed by atoms with Gasteiger partial charge in [-0.15, -0.1) is 0 Å². The second-order valence-corrected chi connectivity index (χ2v) is 29.7. The summed E-state index contributed by atoms with van der Waals surface area (Å²) in [7, 11) is 0. The largest absolute Gasteiger partial charge is 2.00 e. The minimum Gasteiger partial charge on any atom is -0.730 e. The molecule has 0 spiro atoms. The Bertz CT molecular complexity index is 2380. The van der Waals surface area contributed by atoms with Crippen molar-refractivity contribution in [1.82, 2.24) is 0 Å². The van der Waals surface area contributed by atoms with E-state index >= 15 is 0 Å². The van der Waals surface area contributed by atoms with E-state index in [1.165, 1.54) is 0 Å². The molecule has 0 radical (unpaired) electrons. The van der Waals surface area contributed by atoms with Crippen LogP contribution in [0, 0.1) is 0 Å². The van der Waals surface area contributed by atoms with Crippen LogP contribution in [-0.2, 0) is 69.2 Å². The second-order valence-electron chi connectivity index (χ2n) is 13.2. The summed E-state index contributed by atoms with van der Waals surface area (Å²) in [5.74, 6) is 0. The number of benzene rings is 8. The summed E-state index contributed by atoms with van der Waals surface area (Å²) in [6, 6.07) is 82.0. The van der Waals surface area contributed by atoms with Crippen LogP contribution in [0.4, 0.5) is 0 Å². The summed E-state index contributed by atoms with van der Waals surface area (Å²) in [6.45, 7) is 0. The predicted octanol–water partition coefficient (Wildman–Crippen LogP) is 10.7. The van der Waals surface area contributed by atoms with E-state index < -0.39 is 24.9 Å². The zero-order chi connectivity index (χ0) is 40.3. The van der Waals surface area contributed by atoms with Gasteiger partial charge in [0.1, 0.15) is 12.4 Å². The van der Waals surface area contributed by atoms with Crippen LogP contribution in [0.15, 0.2) is 252 Å². The van der Waals surface area contributed by atoms with E-state index in [0.717, 1.165) is 42.4 Å². The zero-order valence-corrected chi connectivity index (χ0v) is 40.8. The zero-order valence-electron chi connectivity index (χ0n) is 31.7. The number of hydrogen-bond acceptors (Lipinski definition) is 4. The van der Waals surface area contributed by atoms with Crippen LogP contribution in [-0.4, -0.2) is 0 Å². The van der Waals surface area contributed by atoms with E-state index in [9.17, 15) is 0 Å². The third kappa shape index (κ3) is 10.5. The second kappa shape index (κ2) is 21.1. The van der Waals surface area contributed by atoms with Gasteiger partial charge in [0, 0.05) is 21.2 Å². The maximum atomic E-state index is 6.39. The van der Waals surface area contributed by atoms with Gasteiger partial charge in [-0.3, -0.25) is 9.03 Å². The average molecular weight is 1090 g/mol. The molecule has 296 valence electrons. The van der Waals surface area contributed by atoms with E-state index in [-0.39, 0.29) is 21.1 Å². The van der Waals surface area contributed by atoms with Gasteiger partial charge in [-0.05, 0) is 21.2 Å². The van der Waals surface area contributed by atoms with Crippen LogP contribution in [0.3, 0.4) is 0 Å². The number of hydrogen-bond donors (Lipinski definition) is 0. The van der Waals surface area contributed by atoms with Crippen molar-refractivity contribution in [2.45, 2.75) is 0 Å². The Balaban J connectivity index is 0.000000195. The molecule has 0 aliphatic rings. The Morgan fingerprint density at radius 2 is 0.390 bits per heavy atom. The molecule has 59 heavy (non-hydrogen) atoms. The van der Waals surface area contributed by atoms with Crippen molar-refractivity contribution in [3.05, 3.63) is 243 Å². The fourth-order valence-electron chi connectivity index (χ4n) is 6.40. The molecule has 0 unspecified atom stereocenters. The third-order valence-electron chi connectivity index (χ3n) is 9.35. The number of rotatable bonds is 10. The molecule has 8 rings (SSSR count). The number of nitrogens with zero attached hydrogens (tertiary/aromatic N) is 2. The summed E-state index contributed by atoms with van der Waals surface area (Å²) in [5.41, 5.74) is 0. The first kappa shape index (κ1) is 45.4. The molecule has 8 aromatic rings. The van der Waals surface area contributed by atoms with Crippen molar-refractivity contribution in [1.29, 1.82) is 0 Å². The molecule has 0 aromatic heterocycles. The minimum absolute atomic E-state index is 0. The Labute approximate surface area is 384 Å². The summed E-state index contributed by atoms with van der Waals surface area (Å²) < 4.78 is 10.9. The quantitative estimate of drug-likeness (QED) is 0.101.